The maximum absolute atomic E-state index is 13.9. The summed E-state index contributed by atoms with van der Waals surface area (Å²) in [5.74, 6) is -4.24. The van der Waals surface area contributed by atoms with Crippen molar-refractivity contribution in [2.75, 3.05) is 26.2 Å². The number of aromatic nitrogens is 1. The molecule has 22 heteroatoms. The van der Waals surface area contributed by atoms with Gasteiger partial charge in [-0.05, 0) is 92.1 Å². The molecule has 14 nitrogen and oxygen atoms in total. The van der Waals surface area contributed by atoms with Gasteiger partial charge in [0.25, 0.3) is 0 Å². The number of carbonyl (C=O) groups is 3. The van der Waals surface area contributed by atoms with Crippen LogP contribution in [-0.2, 0) is 35.5 Å². The number of halogens is 7. The fourth-order valence-electron chi connectivity index (χ4n) is 7.03. The number of carboxylic acid groups (broad SMARTS) is 1. The molecule has 1 aliphatic carbocycles. The Labute approximate surface area is 373 Å². The van der Waals surface area contributed by atoms with E-state index in [1.54, 1.807) is 30.3 Å². The van der Waals surface area contributed by atoms with E-state index in [1.807, 2.05) is 0 Å². The lowest BCUT2D eigenvalue weighted by molar-refractivity contribution is -0.605. The lowest BCUT2D eigenvalue weighted by Crippen LogP contribution is -2.52. The normalized spacial score (nSPS) is 19.2. The molecule has 2 N–H and O–H groups in total. The number of piperidine rings is 3. The molecule has 4 heterocycles. The number of benzene rings is 3. The second kappa shape index (κ2) is 20.7. The SMILES string of the molecule is O=C(O)C(F)(F)F.O=C(O[C@@H](Cc1c(Cl)c[n+]([O-])cc1Cl)c1ccc(OC(F)F)c(OCC2CC2)c1)c1cccc(S(=O)(=O)NC(C(=O)O[C@H]2CN3CCC2CC3)c2ccccc2)c1. The van der Waals surface area contributed by atoms with Crippen molar-refractivity contribution in [2.45, 2.75) is 68.0 Å². The molecule has 4 aliphatic rings. The van der Waals surface area contributed by atoms with Crippen LogP contribution in [0.2, 0.25) is 10.0 Å². The molecule has 3 atom stereocenters. The number of carbonyl (C=O) groups excluding carboxylic acids is 2. The molecule has 0 spiro atoms. The monoisotopic (exact) mass is 959 g/mol. The fourth-order valence-corrected chi connectivity index (χ4v) is 8.85. The summed E-state index contributed by atoms with van der Waals surface area (Å²) in [5, 5.41) is 19.1. The molecule has 344 valence electrons. The van der Waals surface area contributed by atoms with Gasteiger partial charge >= 0.3 is 30.7 Å². The fraction of sp³-hybridized carbons (Fsp3) is 0.381. The molecule has 1 aromatic heterocycles. The Bertz CT molecular complexity index is 2400. The highest BCUT2D eigenvalue weighted by atomic mass is 35.5. The maximum atomic E-state index is 13.9. The van der Waals surface area contributed by atoms with Crippen LogP contribution in [0.25, 0.3) is 0 Å². The second-order valence-electron chi connectivity index (χ2n) is 15.1. The molecule has 4 fully saturated rings. The number of alkyl halides is 5. The quantitative estimate of drug-likeness (QED) is 0.0490. The second-order valence-corrected chi connectivity index (χ2v) is 17.7. The van der Waals surface area contributed by atoms with Gasteiger partial charge in [0.1, 0.15) is 28.3 Å². The average Bonchev–Trinajstić information content (AvgIpc) is 4.08. The van der Waals surface area contributed by atoms with Crippen molar-refractivity contribution in [1.82, 2.24) is 9.62 Å². The van der Waals surface area contributed by atoms with E-state index in [-0.39, 0.29) is 74.1 Å². The molecular formula is C42H40Cl2F5N3O11S. The summed E-state index contributed by atoms with van der Waals surface area (Å²) in [7, 11) is -4.46. The lowest BCUT2D eigenvalue weighted by Gasteiger charge is -2.44. The standard InChI is InChI=1S/C40H39Cl2F2N3O9S.C2HF3O2/c41-31-20-47(50)21-32(42)30(31)19-34(27-11-12-33(56-40(43)44)35(18-27)53-23-24-9-10-24)54-38(48)28-7-4-8-29(17-28)57(51,52)45-37(26-5-2-1-3-6-26)39(49)55-36-22-46-15-13-25(36)14-16-46;3-2(4,5)1(6)7/h1-8,11-12,17-18,20-21,24-25,34,36-37,40,45H,9-10,13-16,19,22-23H2;(H,6,7)/t34-,36-,37?;/m0./s1. The summed E-state index contributed by atoms with van der Waals surface area (Å²) in [4.78, 5) is 38.4. The number of pyridine rings is 1. The predicted molar refractivity (Wildman–Crippen MR) is 217 cm³/mol. The highest BCUT2D eigenvalue weighted by Gasteiger charge is 2.40. The molecule has 0 amide bonds. The number of fused-ring (bicyclic) bond motifs is 3. The molecule has 0 radical (unpaired) electrons. The van der Waals surface area contributed by atoms with Crippen LogP contribution in [-0.4, -0.2) is 81.5 Å². The van der Waals surface area contributed by atoms with Gasteiger partial charge in [0.05, 0.1) is 17.1 Å². The average molecular weight is 961 g/mol. The van der Waals surface area contributed by atoms with E-state index in [4.69, 9.17) is 47.3 Å². The minimum absolute atomic E-state index is 0.0115. The summed E-state index contributed by atoms with van der Waals surface area (Å²) in [5.41, 5.74) is 0.727. The Morgan fingerprint density at radius 2 is 1.56 bits per heavy atom. The zero-order chi connectivity index (χ0) is 46.3. The van der Waals surface area contributed by atoms with E-state index in [9.17, 15) is 45.2 Å². The minimum Gasteiger partial charge on any atom is -0.619 e. The van der Waals surface area contributed by atoms with Gasteiger partial charge in [0.15, 0.2) is 23.9 Å². The first-order chi connectivity index (χ1) is 30.3. The Hall–Kier alpha value is -5.28. The van der Waals surface area contributed by atoms with E-state index in [0.29, 0.717) is 16.8 Å². The molecule has 64 heavy (non-hydrogen) atoms. The van der Waals surface area contributed by atoms with E-state index in [2.05, 4.69) is 14.4 Å². The highest BCUT2D eigenvalue weighted by molar-refractivity contribution is 7.89. The lowest BCUT2D eigenvalue weighted by atomic mass is 9.86. The Balaban J connectivity index is 0.000000898. The van der Waals surface area contributed by atoms with E-state index in [1.165, 1.54) is 36.4 Å². The topological polar surface area (TPSA) is 185 Å². The summed E-state index contributed by atoms with van der Waals surface area (Å²) in [6.07, 6.45) is -1.05. The highest BCUT2D eigenvalue weighted by Crippen LogP contribution is 2.38. The summed E-state index contributed by atoms with van der Waals surface area (Å²) >= 11 is 12.8. The van der Waals surface area contributed by atoms with Crippen molar-refractivity contribution in [3.05, 3.63) is 123 Å². The third kappa shape index (κ3) is 12.9. The Morgan fingerprint density at radius 1 is 0.906 bits per heavy atom. The zero-order valence-electron chi connectivity index (χ0n) is 33.4. The molecule has 2 bridgehead atoms. The third-order valence-electron chi connectivity index (χ3n) is 10.6. The van der Waals surface area contributed by atoms with Crippen molar-refractivity contribution in [3.63, 3.8) is 0 Å². The first-order valence-corrected chi connectivity index (χ1v) is 21.9. The molecule has 3 aliphatic heterocycles. The van der Waals surface area contributed by atoms with Gasteiger partial charge in [-0.1, -0.05) is 65.7 Å². The van der Waals surface area contributed by atoms with Crippen LogP contribution in [0, 0.1) is 17.0 Å². The van der Waals surface area contributed by atoms with Gasteiger partial charge in [0, 0.05) is 18.5 Å². The van der Waals surface area contributed by atoms with Crippen molar-refractivity contribution in [2.24, 2.45) is 11.8 Å². The molecule has 8 rings (SSSR count). The third-order valence-corrected chi connectivity index (χ3v) is 12.6. The number of ether oxygens (including phenoxy) is 4. The summed E-state index contributed by atoms with van der Waals surface area (Å²) in [6, 6.07) is 16.1. The number of carboxylic acids is 1. The Morgan fingerprint density at radius 3 is 2.14 bits per heavy atom. The van der Waals surface area contributed by atoms with Crippen molar-refractivity contribution in [1.29, 1.82) is 0 Å². The van der Waals surface area contributed by atoms with Crippen molar-refractivity contribution in [3.8, 4) is 11.5 Å². The molecule has 4 aromatic rings. The largest absolute Gasteiger partial charge is 0.619 e. The predicted octanol–water partition coefficient (Wildman–Crippen LogP) is 7.45. The number of sulfonamides is 1. The van der Waals surface area contributed by atoms with Crippen LogP contribution in [0.15, 0.2) is 90.1 Å². The number of aliphatic carboxylic acids is 1. The molecule has 1 saturated carbocycles. The van der Waals surface area contributed by atoms with Gasteiger partial charge in [-0.3, -0.25) is 4.90 Å². The van der Waals surface area contributed by atoms with Gasteiger partial charge in [-0.25, -0.2) is 22.8 Å². The number of rotatable bonds is 16. The summed E-state index contributed by atoms with van der Waals surface area (Å²) in [6.45, 7) is -0.434. The minimum atomic E-state index is -5.08. The Kier molecular flexibility index (Phi) is 15.6. The first-order valence-electron chi connectivity index (χ1n) is 19.7. The number of esters is 2. The molecule has 3 saturated heterocycles. The van der Waals surface area contributed by atoms with E-state index in [0.717, 1.165) is 57.2 Å². The van der Waals surface area contributed by atoms with E-state index < -0.39 is 52.9 Å². The van der Waals surface area contributed by atoms with E-state index >= 15 is 0 Å². The maximum Gasteiger partial charge on any atom is 0.490 e. The van der Waals surface area contributed by atoms with Crippen molar-refractivity contribution >= 4 is 51.1 Å². The zero-order valence-corrected chi connectivity index (χ0v) is 35.7. The van der Waals surface area contributed by atoms with Crippen LogP contribution < -0.4 is 18.9 Å². The summed E-state index contributed by atoms with van der Waals surface area (Å²) < 4.78 is 112. The van der Waals surface area contributed by atoms with Gasteiger partial charge < -0.3 is 29.3 Å². The van der Waals surface area contributed by atoms with Gasteiger partial charge in [-0.15, -0.1) is 0 Å². The molecule has 3 aromatic carbocycles. The number of nitrogens with one attached hydrogen (secondary N) is 1. The molecular weight excluding hydrogens is 920 g/mol. The van der Waals surface area contributed by atoms with Crippen LogP contribution >= 0.6 is 23.2 Å². The van der Waals surface area contributed by atoms with Crippen molar-refractivity contribution < 1.29 is 73.5 Å². The van der Waals surface area contributed by atoms with Crippen LogP contribution in [0.5, 0.6) is 11.5 Å². The molecule has 1 unspecified atom stereocenters. The van der Waals surface area contributed by atoms with Gasteiger partial charge in [0.2, 0.25) is 10.0 Å². The van der Waals surface area contributed by atoms with Crippen LogP contribution in [0.1, 0.15) is 64.9 Å². The number of hydrogen-bond donors (Lipinski definition) is 2. The van der Waals surface area contributed by atoms with Gasteiger partial charge in [-0.2, -0.15) is 31.4 Å². The van der Waals surface area contributed by atoms with Crippen LogP contribution in [0.4, 0.5) is 22.0 Å². The number of hydrogen-bond acceptors (Lipinski definition) is 11. The smallest absolute Gasteiger partial charge is 0.490 e. The van der Waals surface area contributed by atoms with Crippen LogP contribution in [0.3, 0.4) is 0 Å². The number of nitrogens with zero attached hydrogens (tertiary/aromatic N) is 2. The first kappa shape index (κ1) is 48.2.